The van der Waals surface area contributed by atoms with Crippen LogP contribution in [0.15, 0.2) is 40.0 Å². The lowest BCUT2D eigenvalue weighted by molar-refractivity contribution is 0.366. The van der Waals surface area contributed by atoms with E-state index in [2.05, 4.69) is 22.1 Å². The van der Waals surface area contributed by atoms with Gasteiger partial charge in [0.05, 0.1) is 6.26 Å². The molecule has 0 aromatic carbocycles. The Morgan fingerprint density at radius 2 is 2.38 bits per heavy atom. The molecule has 2 aromatic heterocycles. The van der Waals surface area contributed by atoms with Crippen LogP contribution in [0.2, 0.25) is 0 Å². The number of rotatable bonds is 6. The van der Waals surface area contributed by atoms with E-state index in [0.717, 1.165) is 44.5 Å². The second-order valence-electron chi connectivity index (χ2n) is 6.64. The number of aryl methyl sites for hydroxylation is 2. The van der Waals surface area contributed by atoms with Gasteiger partial charge in [0.1, 0.15) is 5.76 Å². The SMILES string of the molecule is CC(CCc1ccco1)NC1CCCN(c2nccn(C)c2=O)C1. The minimum Gasteiger partial charge on any atom is -0.469 e. The molecule has 6 heteroatoms. The van der Waals surface area contributed by atoms with Crippen molar-refractivity contribution in [1.82, 2.24) is 14.9 Å². The fourth-order valence-corrected chi connectivity index (χ4v) is 3.31. The highest BCUT2D eigenvalue weighted by molar-refractivity contribution is 5.36. The van der Waals surface area contributed by atoms with E-state index in [9.17, 15) is 4.79 Å². The van der Waals surface area contributed by atoms with Crippen molar-refractivity contribution in [3.63, 3.8) is 0 Å². The molecular weight excluding hydrogens is 304 g/mol. The summed E-state index contributed by atoms with van der Waals surface area (Å²) in [5.74, 6) is 1.60. The maximum Gasteiger partial charge on any atom is 0.293 e. The van der Waals surface area contributed by atoms with Crippen LogP contribution in [0.5, 0.6) is 0 Å². The van der Waals surface area contributed by atoms with Gasteiger partial charge in [0.2, 0.25) is 0 Å². The summed E-state index contributed by atoms with van der Waals surface area (Å²) in [5.41, 5.74) is -0.0241. The molecule has 1 saturated heterocycles. The lowest BCUT2D eigenvalue weighted by Crippen LogP contribution is -2.50. The van der Waals surface area contributed by atoms with Crippen LogP contribution in [0.25, 0.3) is 0 Å². The molecule has 0 radical (unpaired) electrons. The van der Waals surface area contributed by atoms with Gasteiger partial charge in [-0.05, 0) is 38.3 Å². The Morgan fingerprint density at radius 3 is 3.17 bits per heavy atom. The zero-order chi connectivity index (χ0) is 16.9. The Labute approximate surface area is 142 Å². The maximum absolute atomic E-state index is 12.3. The van der Waals surface area contributed by atoms with Gasteiger partial charge in [0.25, 0.3) is 5.56 Å². The molecule has 1 fully saturated rings. The van der Waals surface area contributed by atoms with E-state index < -0.39 is 0 Å². The van der Waals surface area contributed by atoms with Crippen LogP contribution in [0.3, 0.4) is 0 Å². The van der Waals surface area contributed by atoms with Crippen molar-refractivity contribution < 1.29 is 4.42 Å². The molecule has 2 unspecified atom stereocenters. The van der Waals surface area contributed by atoms with Gasteiger partial charge in [-0.3, -0.25) is 4.79 Å². The highest BCUT2D eigenvalue weighted by Crippen LogP contribution is 2.16. The lowest BCUT2D eigenvalue weighted by atomic mass is 10.0. The van der Waals surface area contributed by atoms with Gasteiger partial charge in [-0.2, -0.15) is 0 Å². The second-order valence-corrected chi connectivity index (χ2v) is 6.64. The fraction of sp³-hybridized carbons (Fsp3) is 0.556. The molecule has 1 aliphatic heterocycles. The third-order valence-electron chi connectivity index (χ3n) is 4.64. The molecule has 2 aromatic rings. The normalized spacial score (nSPS) is 19.4. The first-order valence-corrected chi connectivity index (χ1v) is 8.68. The summed E-state index contributed by atoms with van der Waals surface area (Å²) in [5, 5.41) is 3.70. The van der Waals surface area contributed by atoms with Crippen LogP contribution in [-0.2, 0) is 13.5 Å². The highest BCUT2D eigenvalue weighted by Gasteiger charge is 2.23. The molecule has 0 spiro atoms. The average Bonchev–Trinajstić information content (AvgIpc) is 3.09. The Hall–Kier alpha value is -2.08. The molecule has 2 atom stereocenters. The third-order valence-corrected chi connectivity index (χ3v) is 4.64. The van der Waals surface area contributed by atoms with Crippen LogP contribution in [-0.4, -0.2) is 34.7 Å². The van der Waals surface area contributed by atoms with Crippen molar-refractivity contribution in [3.8, 4) is 0 Å². The first-order valence-electron chi connectivity index (χ1n) is 8.68. The number of hydrogen-bond acceptors (Lipinski definition) is 5. The average molecular weight is 330 g/mol. The van der Waals surface area contributed by atoms with Gasteiger partial charge in [0.15, 0.2) is 5.82 Å². The topological polar surface area (TPSA) is 63.3 Å². The molecule has 0 aliphatic carbocycles. The first-order chi connectivity index (χ1) is 11.6. The summed E-state index contributed by atoms with van der Waals surface area (Å²) >= 11 is 0. The standard InChI is InChI=1S/C18H26N4O2/c1-14(7-8-16-6-4-12-24-16)20-15-5-3-10-22(13-15)17-18(23)21(2)11-9-19-17/h4,6,9,11-12,14-15,20H,3,5,7-8,10,13H2,1-2H3. The van der Waals surface area contributed by atoms with Crippen molar-refractivity contribution in [1.29, 1.82) is 0 Å². The van der Waals surface area contributed by atoms with Crippen LogP contribution in [0.1, 0.15) is 31.9 Å². The molecule has 130 valence electrons. The summed E-state index contributed by atoms with van der Waals surface area (Å²) in [6, 6.07) is 4.75. The summed E-state index contributed by atoms with van der Waals surface area (Å²) in [6.45, 7) is 3.93. The Morgan fingerprint density at radius 1 is 1.50 bits per heavy atom. The Bertz CT molecular complexity index is 695. The van der Waals surface area contributed by atoms with Gasteiger partial charge >= 0.3 is 0 Å². The van der Waals surface area contributed by atoms with E-state index in [1.807, 2.05) is 12.1 Å². The highest BCUT2D eigenvalue weighted by atomic mass is 16.3. The first kappa shape index (κ1) is 16.8. The minimum absolute atomic E-state index is 0.0241. The quantitative estimate of drug-likeness (QED) is 0.877. The third kappa shape index (κ3) is 4.06. The van der Waals surface area contributed by atoms with E-state index in [0.29, 0.717) is 17.9 Å². The van der Waals surface area contributed by atoms with Gasteiger partial charge in [-0.1, -0.05) is 0 Å². The molecule has 0 amide bonds. The van der Waals surface area contributed by atoms with Gasteiger partial charge in [-0.15, -0.1) is 0 Å². The van der Waals surface area contributed by atoms with E-state index >= 15 is 0 Å². The molecule has 1 N–H and O–H groups in total. The van der Waals surface area contributed by atoms with E-state index in [1.54, 1.807) is 30.3 Å². The van der Waals surface area contributed by atoms with Gasteiger partial charge in [-0.25, -0.2) is 4.98 Å². The van der Waals surface area contributed by atoms with Crippen LogP contribution in [0, 0.1) is 0 Å². The summed E-state index contributed by atoms with van der Waals surface area (Å²) < 4.78 is 6.98. The summed E-state index contributed by atoms with van der Waals surface area (Å²) in [7, 11) is 1.77. The monoisotopic (exact) mass is 330 g/mol. The number of nitrogens with zero attached hydrogens (tertiary/aromatic N) is 3. The summed E-state index contributed by atoms with van der Waals surface area (Å²) in [4.78, 5) is 18.7. The zero-order valence-electron chi connectivity index (χ0n) is 14.4. The van der Waals surface area contributed by atoms with Crippen LogP contribution >= 0.6 is 0 Å². The van der Waals surface area contributed by atoms with Crippen molar-refractivity contribution >= 4 is 5.82 Å². The number of aromatic nitrogens is 2. The Kier molecular flexibility index (Phi) is 5.35. The van der Waals surface area contributed by atoms with Crippen molar-refractivity contribution in [2.45, 2.75) is 44.7 Å². The van der Waals surface area contributed by atoms with Gasteiger partial charge < -0.3 is 19.2 Å². The van der Waals surface area contributed by atoms with Crippen LogP contribution in [0.4, 0.5) is 5.82 Å². The van der Waals surface area contributed by atoms with Gasteiger partial charge in [0, 0.05) is 51.0 Å². The number of furan rings is 1. The second kappa shape index (κ2) is 7.66. The minimum atomic E-state index is -0.0241. The lowest BCUT2D eigenvalue weighted by Gasteiger charge is -2.35. The fourth-order valence-electron chi connectivity index (χ4n) is 3.31. The maximum atomic E-state index is 12.3. The molecule has 3 rings (SSSR count). The van der Waals surface area contributed by atoms with Crippen molar-refractivity contribution in [2.75, 3.05) is 18.0 Å². The predicted molar refractivity (Wildman–Crippen MR) is 94.3 cm³/mol. The largest absolute Gasteiger partial charge is 0.469 e. The predicted octanol–water partition coefficient (Wildman–Crippen LogP) is 1.95. The summed E-state index contributed by atoms with van der Waals surface area (Å²) in [6.07, 6.45) is 9.30. The zero-order valence-corrected chi connectivity index (χ0v) is 14.4. The van der Waals surface area contributed by atoms with E-state index in [4.69, 9.17) is 4.42 Å². The Balaban J connectivity index is 1.55. The molecule has 0 bridgehead atoms. The van der Waals surface area contributed by atoms with E-state index in [-0.39, 0.29) is 5.56 Å². The molecule has 6 nitrogen and oxygen atoms in total. The smallest absolute Gasteiger partial charge is 0.293 e. The molecule has 3 heterocycles. The number of anilines is 1. The van der Waals surface area contributed by atoms with E-state index in [1.165, 1.54) is 0 Å². The van der Waals surface area contributed by atoms with Crippen molar-refractivity contribution in [2.24, 2.45) is 7.05 Å². The number of nitrogens with one attached hydrogen (secondary N) is 1. The molecule has 1 aliphatic rings. The number of piperidine rings is 1. The van der Waals surface area contributed by atoms with Crippen LogP contribution < -0.4 is 15.8 Å². The molecular formula is C18H26N4O2. The molecule has 24 heavy (non-hydrogen) atoms. The van der Waals surface area contributed by atoms with Crippen molar-refractivity contribution in [3.05, 3.63) is 46.9 Å². The molecule has 0 saturated carbocycles. The number of hydrogen-bond donors (Lipinski definition) is 1.